The quantitative estimate of drug-likeness (QED) is 0.321. The molecule has 0 amide bonds. The lowest BCUT2D eigenvalue weighted by Gasteiger charge is -2.57. The van der Waals surface area contributed by atoms with Gasteiger partial charge in [-0.3, -0.25) is 9.78 Å². The molecule has 4 aliphatic rings. The van der Waals surface area contributed by atoms with Gasteiger partial charge in [0.25, 0.3) is 0 Å². The molecule has 230 valence electrons. The van der Waals surface area contributed by atoms with Crippen LogP contribution < -0.4 is 0 Å². The molecule has 2 N–H and O–H groups in total. The van der Waals surface area contributed by atoms with E-state index in [4.69, 9.17) is 9.47 Å². The van der Waals surface area contributed by atoms with Crippen molar-refractivity contribution in [2.45, 2.75) is 90.8 Å². The van der Waals surface area contributed by atoms with E-state index in [9.17, 15) is 19.8 Å². The molecule has 1 saturated heterocycles. The highest BCUT2D eigenvalue weighted by Gasteiger charge is 2.69. The van der Waals surface area contributed by atoms with Gasteiger partial charge in [0.15, 0.2) is 17.7 Å². The van der Waals surface area contributed by atoms with E-state index >= 15 is 0 Å². The minimum Gasteiger partial charge on any atom is -0.393 e. The van der Waals surface area contributed by atoms with Crippen LogP contribution >= 0.6 is 0 Å². The van der Waals surface area contributed by atoms with Crippen molar-refractivity contribution in [3.8, 4) is 0 Å². The summed E-state index contributed by atoms with van der Waals surface area (Å²) in [6.45, 7) is 9.65. The maximum Gasteiger partial charge on any atom is 0.193 e. The first kappa shape index (κ1) is 30.3. The molecule has 2 saturated carbocycles. The molecule has 7 heteroatoms. The number of hydrogen-bond acceptors (Lipinski definition) is 7. The third-order valence-electron chi connectivity index (χ3n) is 11.5. The standard InChI is InChI=1S/C36H45NO6/c1-21-17-35(5)26(16-25(21)19-38)10-8-11-27(32(35)22(2)40)28-13-14-31-36(30(41)20-39,34(28,3)4)43-33(42-31)24-15-23-9-6-7-12-29(23)37-18-24/h6-7,9,12,15-19,22,25,27-28,31-33,39-40H,8,10-11,13-14,20H2,1-5H3/t22?,25?,27?,28-,31+,32-,33?,35-,36+/m0/s1. The van der Waals surface area contributed by atoms with Crippen LogP contribution in [0.4, 0.5) is 0 Å². The number of ketones is 1. The van der Waals surface area contributed by atoms with Crippen LogP contribution in [0.1, 0.15) is 78.6 Å². The Balaban J connectivity index is 1.40. The van der Waals surface area contributed by atoms with Crippen LogP contribution in [0.5, 0.6) is 0 Å². The lowest BCUT2D eigenvalue weighted by molar-refractivity contribution is -0.191. The van der Waals surface area contributed by atoms with Crippen LogP contribution in [-0.2, 0) is 19.1 Å². The molecule has 4 unspecified atom stereocenters. The van der Waals surface area contributed by atoms with Gasteiger partial charge in [0.1, 0.15) is 12.9 Å². The number of allylic oxidation sites excluding steroid dienone is 4. The van der Waals surface area contributed by atoms with E-state index in [0.29, 0.717) is 6.42 Å². The molecule has 0 bridgehead atoms. The van der Waals surface area contributed by atoms with Crippen LogP contribution in [0.15, 0.2) is 59.8 Å². The number of carbonyl (C=O) groups excluding carboxylic acids is 2. The topological polar surface area (TPSA) is 106 Å². The molecule has 1 aromatic carbocycles. The molecule has 1 aromatic heterocycles. The van der Waals surface area contributed by atoms with E-state index in [1.54, 1.807) is 6.20 Å². The highest BCUT2D eigenvalue weighted by atomic mass is 16.7. The van der Waals surface area contributed by atoms with E-state index in [2.05, 4.69) is 37.9 Å². The average molecular weight is 588 g/mol. The summed E-state index contributed by atoms with van der Waals surface area (Å²) in [7, 11) is 0. The third kappa shape index (κ3) is 4.57. The number of Topliss-reactive ketones (excluding diaryl/α,β-unsaturated/α-hetero) is 1. The lowest BCUT2D eigenvalue weighted by atomic mass is 9.49. The SMILES string of the molecule is CC1=C[C@@]2(C)C(=CC1C=O)CCCC([C@@H]1CC[C@H]3OC(c4cnc5ccccc5c4)O[C@@]3(C(=O)CO)C1(C)C)[C@@H]2C(C)O. The number of rotatable bonds is 6. The van der Waals surface area contributed by atoms with Gasteiger partial charge >= 0.3 is 0 Å². The van der Waals surface area contributed by atoms with Crippen molar-refractivity contribution in [3.05, 3.63) is 65.4 Å². The van der Waals surface area contributed by atoms with Gasteiger partial charge in [0.2, 0.25) is 0 Å². The number of aromatic nitrogens is 1. The number of hydrogen-bond donors (Lipinski definition) is 2. The summed E-state index contributed by atoms with van der Waals surface area (Å²) in [5.74, 6) is -0.604. The normalized spacial score (nSPS) is 37.8. The summed E-state index contributed by atoms with van der Waals surface area (Å²) in [6, 6.07) is 9.85. The number of benzene rings is 1. The number of carbonyl (C=O) groups is 2. The lowest BCUT2D eigenvalue weighted by Crippen LogP contribution is -2.66. The summed E-state index contributed by atoms with van der Waals surface area (Å²) >= 11 is 0. The highest BCUT2D eigenvalue weighted by molar-refractivity contribution is 5.90. The Labute approximate surface area is 254 Å². The molecule has 7 nitrogen and oxygen atoms in total. The van der Waals surface area contributed by atoms with Crippen LogP contribution in [0.3, 0.4) is 0 Å². The molecule has 0 radical (unpaired) electrons. The Morgan fingerprint density at radius 1 is 1.19 bits per heavy atom. The van der Waals surface area contributed by atoms with Gasteiger partial charge in [-0.2, -0.15) is 0 Å². The van der Waals surface area contributed by atoms with Crippen LogP contribution in [0, 0.1) is 34.5 Å². The number of aliphatic hydroxyl groups is 2. The molecule has 9 atom stereocenters. The fourth-order valence-electron chi connectivity index (χ4n) is 9.62. The number of ether oxygens (including phenoxy) is 2. The van der Waals surface area contributed by atoms with Crippen molar-refractivity contribution in [2.24, 2.45) is 34.5 Å². The van der Waals surface area contributed by atoms with Gasteiger partial charge in [-0.1, -0.05) is 62.3 Å². The van der Waals surface area contributed by atoms with Crippen molar-refractivity contribution >= 4 is 23.0 Å². The summed E-state index contributed by atoms with van der Waals surface area (Å²) in [6.07, 6.45) is 9.32. The fourth-order valence-corrected chi connectivity index (χ4v) is 9.62. The first-order valence-corrected chi connectivity index (χ1v) is 15.8. The van der Waals surface area contributed by atoms with Gasteiger partial charge in [-0.15, -0.1) is 0 Å². The van der Waals surface area contributed by atoms with Crippen LogP contribution in [0.25, 0.3) is 10.9 Å². The average Bonchev–Trinajstić information content (AvgIpc) is 3.32. The summed E-state index contributed by atoms with van der Waals surface area (Å²) in [4.78, 5) is 30.4. The molecule has 43 heavy (non-hydrogen) atoms. The molecule has 0 spiro atoms. The van der Waals surface area contributed by atoms with Gasteiger partial charge in [-0.25, -0.2) is 0 Å². The highest BCUT2D eigenvalue weighted by Crippen LogP contribution is 2.63. The van der Waals surface area contributed by atoms with Gasteiger partial charge in [0.05, 0.1) is 23.6 Å². The second-order valence-electron chi connectivity index (χ2n) is 14.1. The zero-order valence-corrected chi connectivity index (χ0v) is 26.0. The van der Waals surface area contributed by atoms with Crippen molar-refractivity contribution in [1.82, 2.24) is 4.98 Å². The van der Waals surface area contributed by atoms with Gasteiger partial charge in [0, 0.05) is 33.9 Å². The molecular weight excluding hydrogens is 542 g/mol. The second kappa shape index (κ2) is 11.0. The summed E-state index contributed by atoms with van der Waals surface area (Å²) < 4.78 is 13.3. The molecular formula is C36H45NO6. The second-order valence-corrected chi connectivity index (χ2v) is 14.1. The van der Waals surface area contributed by atoms with Crippen LogP contribution in [-0.4, -0.2) is 51.7 Å². The van der Waals surface area contributed by atoms with Gasteiger partial charge in [-0.05, 0) is 69.9 Å². The minimum absolute atomic E-state index is 0.0182. The molecule has 2 aromatic rings. The number of aldehydes is 1. The number of pyridine rings is 1. The first-order chi connectivity index (χ1) is 20.5. The van der Waals surface area contributed by atoms with Crippen molar-refractivity contribution in [2.75, 3.05) is 6.61 Å². The third-order valence-corrected chi connectivity index (χ3v) is 11.5. The zero-order chi connectivity index (χ0) is 30.7. The van der Waals surface area contributed by atoms with Gasteiger partial charge < -0.3 is 24.5 Å². The van der Waals surface area contributed by atoms with Crippen molar-refractivity contribution < 1.29 is 29.3 Å². The molecule has 6 rings (SSSR count). The number of nitrogens with zero attached hydrogens (tertiary/aromatic N) is 1. The predicted octanol–water partition coefficient (Wildman–Crippen LogP) is 5.89. The first-order valence-electron chi connectivity index (χ1n) is 15.8. The smallest absolute Gasteiger partial charge is 0.193 e. The summed E-state index contributed by atoms with van der Waals surface area (Å²) in [5, 5.41) is 22.8. The Bertz CT molecular complexity index is 1480. The minimum atomic E-state index is -1.35. The Morgan fingerprint density at radius 3 is 2.67 bits per heavy atom. The van der Waals surface area contributed by atoms with Crippen molar-refractivity contribution in [3.63, 3.8) is 0 Å². The van der Waals surface area contributed by atoms with E-state index in [0.717, 1.165) is 54.0 Å². The Kier molecular flexibility index (Phi) is 7.77. The predicted molar refractivity (Wildman–Crippen MR) is 164 cm³/mol. The van der Waals surface area contributed by atoms with E-state index in [1.165, 1.54) is 5.57 Å². The van der Waals surface area contributed by atoms with E-state index in [1.807, 2.05) is 44.2 Å². The largest absolute Gasteiger partial charge is 0.393 e. The maximum atomic E-state index is 13.9. The summed E-state index contributed by atoms with van der Waals surface area (Å²) in [5.41, 5.74) is 1.38. The number of fused-ring (bicyclic) bond motifs is 3. The molecule has 1 aliphatic heterocycles. The zero-order valence-electron chi connectivity index (χ0n) is 26.0. The number of aliphatic hydroxyl groups excluding tert-OH is 2. The fraction of sp³-hybridized carbons (Fsp3) is 0.583. The Hall–Kier alpha value is -2.71. The van der Waals surface area contributed by atoms with Crippen molar-refractivity contribution in [1.29, 1.82) is 0 Å². The molecule has 3 fully saturated rings. The van der Waals surface area contributed by atoms with E-state index < -0.39 is 41.5 Å². The molecule has 3 aliphatic carbocycles. The Morgan fingerprint density at radius 2 is 1.95 bits per heavy atom. The molecule has 2 heterocycles. The maximum absolute atomic E-state index is 13.9. The monoisotopic (exact) mass is 587 g/mol. The van der Waals surface area contributed by atoms with E-state index in [-0.39, 0.29) is 29.5 Å². The number of para-hydroxylation sites is 1. The van der Waals surface area contributed by atoms with Crippen LogP contribution in [0.2, 0.25) is 0 Å².